The lowest BCUT2D eigenvalue weighted by Crippen LogP contribution is -2.32. The van der Waals surface area contributed by atoms with E-state index in [0.29, 0.717) is 22.3 Å². The Kier molecular flexibility index (Phi) is 2.91. The van der Waals surface area contributed by atoms with E-state index >= 15 is 0 Å². The molecule has 3 heterocycles. The second-order valence-corrected chi connectivity index (χ2v) is 5.49. The van der Waals surface area contributed by atoms with Crippen LogP contribution in [0.4, 0.5) is 0 Å². The maximum Gasteiger partial charge on any atom is 0.256 e. The van der Waals surface area contributed by atoms with Gasteiger partial charge in [-0.1, -0.05) is 17.7 Å². The summed E-state index contributed by atoms with van der Waals surface area (Å²) < 4.78 is 7.30. The second-order valence-electron chi connectivity index (χ2n) is 5.11. The molecule has 1 aliphatic rings. The molecule has 0 amide bonds. The Hall–Kier alpha value is -2.07. The lowest BCUT2D eigenvalue weighted by atomic mass is 10.0. The predicted molar refractivity (Wildman–Crippen MR) is 78.0 cm³/mol. The number of rotatable bonds is 1. The molecule has 0 aliphatic carbocycles. The largest absolute Gasteiger partial charge is 0.481 e. The highest BCUT2D eigenvalue weighted by Gasteiger charge is 2.29. The monoisotopic (exact) mass is 288 g/mol. The van der Waals surface area contributed by atoms with Crippen LogP contribution in [0.15, 0.2) is 47.4 Å². The summed E-state index contributed by atoms with van der Waals surface area (Å²) in [5.74, 6) is 0.641. The average molecular weight is 289 g/mol. The van der Waals surface area contributed by atoms with Gasteiger partial charge in [0.1, 0.15) is 22.2 Å². The number of aromatic nitrogens is 2. The van der Waals surface area contributed by atoms with Crippen molar-refractivity contribution in [3.05, 3.63) is 63.8 Å². The van der Waals surface area contributed by atoms with Crippen molar-refractivity contribution in [2.45, 2.75) is 19.4 Å². The fourth-order valence-electron chi connectivity index (χ4n) is 2.24. The van der Waals surface area contributed by atoms with Gasteiger partial charge in [0.05, 0.1) is 5.70 Å². The average Bonchev–Trinajstić information content (AvgIpc) is 2.37. The number of fused-ring (bicyclic) bond motifs is 1. The first-order chi connectivity index (χ1) is 9.48. The van der Waals surface area contributed by atoms with Gasteiger partial charge in [-0.2, -0.15) is 0 Å². The quantitative estimate of drug-likeness (QED) is 0.758. The number of hydrogen-bond donors (Lipinski definition) is 0. The van der Waals surface area contributed by atoms with Crippen molar-refractivity contribution in [2.75, 3.05) is 0 Å². The number of nitrogens with zero attached hydrogens (tertiary/aromatic N) is 2. The molecule has 0 fully saturated rings. The van der Waals surface area contributed by atoms with Gasteiger partial charge >= 0.3 is 0 Å². The Morgan fingerprint density at radius 1 is 1.25 bits per heavy atom. The highest BCUT2D eigenvalue weighted by Crippen LogP contribution is 2.35. The minimum Gasteiger partial charge on any atom is -0.481 e. The van der Waals surface area contributed by atoms with Crippen LogP contribution < -0.4 is 10.3 Å². The van der Waals surface area contributed by atoms with Gasteiger partial charge in [0, 0.05) is 12.3 Å². The summed E-state index contributed by atoms with van der Waals surface area (Å²) in [6, 6.07) is 8.41. The molecular weight excluding hydrogens is 276 g/mol. The van der Waals surface area contributed by atoms with Crippen molar-refractivity contribution in [3.63, 3.8) is 0 Å². The predicted octanol–water partition coefficient (Wildman–Crippen LogP) is 2.96. The molecule has 0 aromatic carbocycles. The molecule has 0 bridgehead atoms. The molecule has 0 radical (unpaired) electrons. The van der Waals surface area contributed by atoms with Gasteiger partial charge in [-0.15, -0.1) is 0 Å². The first-order valence-electron chi connectivity index (χ1n) is 6.23. The van der Waals surface area contributed by atoms with E-state index in [-0.39, 0.29) is 5.56 Å². The molecule has 3 rings (SSSR count). The molecule has 102 valence electrons. The van der Waals surface area contributed by atoms with Crippen LogP contribution in [0.1, 0.15) is 19.5 Å². The summed E-state index contributed by atoms with van der Waals surface area (Å²) in [5.41, 5.74) is 0.525. The fourth-order valence-corrected chi connectivity index (χ4v) is 2.49. The van der Waals surface area contributed by atoms with Crippen LogP contribution in [0.2, 0.25) is 5.15 Å². The molecule has 5 heteroatoms. The summed E-state index contributed by atoms with van der Waals surface area (Å²) in [4.78, 5) is 16.4. The first kappa shape index (κ1) is 12.9. The van der Waals surface area contributed by atoms with Gasteiger partial charge in [-0.05, 0) is 38.1 Å². The van der Waals surface area contributed by atoms with Crippen molar-refractivity contribution in [3.8, 4) is 5.75 Å². The van der Waals surface area contributed by atoms with Gasteiger partial charge in [0.15, 0.2) is 0 Å². The third kappa shape index (κ3) is 2.12. The molecule has 20 heavy (non-hydrogen) atoms. The van der Waals surface area contributed by atoms with Crippen molar-refractivity contribution in [2.24, 2.45) is 0 Å². The van der Waals surface area contributed by atoms with Crippen LogP contribution >= 0.6 is 11.6 Å². The van der Waals surface area contributed by atoms with Crippen LogP contribution in [-0.2, 0) is 0 Å². The molecule has 2 aromatic rings. The highest BCUT2D eigenvalue weighted by atomic mass is 35.5. The molecule has 0 saturated carbocycles. The summed E-state index contributed by atoms with van der Waals surface area (Å²) in [5, 5.41) is 0.345. The minimum absolute atomic E-state index is 0.196. The maximum absolute atomic E-state index is 12.1. The lowest BCUT2D eigenvalue weighted by molar-refractivity contribution is 0.156. The Labute approximate surface area is 121 Å². The molecule has 4 nitrogen and oxygen atoms in total. The Balaban J connectivity index is 2.31. The van der Waals surface area contributed by atoms with Crippen LogP contribution in [0.25, 0.3) is 5.70 Å². The number of halogens is 1. The zero-order chi connectivity index (χ0) is 14.3. The topological polar surface area (TPSA) is 44.1 Å². The maximum atomic E-state index is 12.1. The van der Waals surface area contributed by atoms with E-state index in [2.05, 4.69) is 4.98 Å². The van der Waals surface area contributed by atoms with E-state index in [4.69, 9.17) is 16.3 Å². The van der Waals surface area contributed by atoms with Gasteiger partial charge in [-0.3, -0.25) is 14.3 Å². The van der Waals surface area contributed by atoms with E-state index < -0.39 is 5.60 Å². The molecule has 0 saturated heterocycles. The van der Waals surface area contributed by atoms with Crippen LogP contribution in [-0.4, -0.2) is 15.2 Å². The van der Waals surface area contributed by atoms with Crippen LogP contribution in [0.3, 0.4) is 0 Å². The summed E-state index contributed by atoms with van der Waals surface area (Å²) >= 11 is 6.18. The van der Waals surface area contributed by atoms with E-state index in [1.807, 2.05) is 26.0 Å². The van der Waals surface area contributed by atoms with Crippen molar-refractivity contribution in [1.29, 1.82) is 0 Å². The lowest BCUT2D eigenvalue weighted by Gasteiger charge is -2.30. The van der Waals surface area contributed by atoms with Crippen LogP contribution in [0.5, 0.6) is 5.75 Å². The summed E-state index contributed by atoms with van der Waals surface area (Å²) in [6.07, 6.45) is 3.52. The molecule has 0 spiro atoms. The van der Waals surface area contributed by atoms with E-state index in [9.17, 15) is 4.79 Å². The van der Waals surface area contributed by atoms with Gasteiger partial charge in [0.2, 0.25) is 0 Å². The smallest absolute Gasteiger partial charge is 0.256 e. The van der Waals surface area contributed by atoms with Gasteiger partial charge in [-0.25, -0.2) is 0 Å². The van der Waals surface area contributed by atoms with Gasteiger partial charge < -0.3 is 4.74 Å². The normalized spacial score (nSPS) is 16.1. The molecule has 0 N–H and O–H groups in total. The molecular formula is C15H13ClN2O2. The molecule has 0 unspecified atom stereocenters. The summed E-state index contributed by atoms with van der Waals surface area (Å²) in [7, 11) is 0. The Bertz CT molecular complexity index is 762. The molecule has 0 atom stereocenters. The van der Waals surface area contributed by atoms with Crippen LogP contribution in [0, 0.1) is 0 Å². The van der Waals surface area contributed by atoms with E-state index in [0.717, 1.165) is 0 Å². The van der Waals surface area contributed by atoms with Crippen molar-refractivity contribution in [1.82, 2.24) is 9.55 Å². The third-order valence-corrected chi connectivity index (χ3v) is 3.31. The Morgan fingerprint density at radius 3 is 2.80 bits per heavy atom. The van der Waals surface area contributed by atoms with Crippen molar-refractivity contribution >= 4 is 17.3 Å². The fraction of sp³-hybridized carbons (Fsp3) is 0.200. The Morgan fingerprint density at radius 2 is 2.05 bits per heavy atom. The highest BCUT2D eigenvalue weighted by molar-refractivity contribution is 6.30. The zero-order valence-electron chi connectivity index (χ0n) is 11.1. The minimum atomic E-state index is -0.538. The van der Waals surface area contributed by atoms with Crippen molar-refractivity contribution < 1.29 is 4.74 Å². The second kappa shape index (κ2) is 4.49. The summed E-state index contributed by atoms with van der Waals surface area (Å²) in [6.45, 7) is 3.84. The SMILES string of the molecule is CC1(C)C=C(n2c(Cl)cccc2=O)c2ncccc2O1. The number of hydrogen-bond acceptors (Lipinski definition) is 3. The third-order valence-electron chi connectivity index (χ3n) is 3.02. The number of ether oxygens (including phenoxy) is 1. The van der Waals surface area contributed by atoms with E-state index in [1.54, 1.807) is 24.4 Å². The zero-order valence-corrected chi connectivity index (χ0v) is 11.9. The molecule has 2 aromatic heterocycles. The standard InChI is InChI=1S/C15H13ClN2O2/c1-15(2)9-10(14-11(20-15)5-4-8-17-14)18-12(16)6-3-7-13(18)19/h3-9H,1-2H3. The molecule has 1 aliphatic heterocycles. The van der Waals surface area contributed by atoms with Gasteiger partial charge in [0.25, 0.3) is 5.56 Å². The first-order valence-corrected chi connectivity index (χ1v) is 6.61. The number of pyridine rings is 2. The van der Waals surface area contributed by atoms with E-state index in [1.165, 1.54) is 10.6 Å².